The van der Waals surface area contributed by atoms with Crippen LogP contribution in [-0.2, 0) is 0 Å². The summed E-state index contributed by atoms with van der Waals surface area (Å²) < 4.78 is 6.68. The molecule has 3 aromatic carbocycles. The molecule has 0 fully saturated rings. The van der Waals surface area contributed by atoms with Crippen LogP contribution in [0, 0.1) is 0 Å². The van der Waals surface area contributed by atoms with Crippen LogP contribution in [-0.4, -0.2) is 5.11 Å². The Hall–Kier alpha value is -2.08. The Morgan fingerprint density at radius 3 is 2.24 bits per heavy atom. The Kier molecular flexibility index (Phi) is 5.91. The Morgan fingerprint density at radius 2 is 1.56 bits per heavy atom. The summed E-state index contributed by atoms with van der Waals surface area (Å²) in [6, 6.07) is 22.8. The van der Waals surface area contributed by atoms with Crippen molar-refractivity contribution in [2.75, 3.05) is 10.6 Å². The average Bonchev–Trinajstić information content (AvgIpc) is 2.60. The van der Waals surface area contributed by atoms with E-state index in [-0.39, 0.29) is 0 Å². The van der Waals surface area contributed by atoms with E-state index in [2.05, 4.69) is 26.6 Å². The first kappa shape index (κ1) is 17.7. The van der Waals surface area contributed by atoms with Crippen molar-refractivity contribution in [3.05, 3.63) is 82.3 Å². The van der Waals surface area contributed by atoms with Crippen molar-refractivity contribution < 1.29 is 4.74 Å². The Labute approximate surface area is 165 Å². The highest BCUT2D eigenvalue weighted by atomic mass is 79.9. The summed E-state index contributed by atoms with van der Waals surface area (Å²) in [7, 11) is 0. The fourth-order valence-electron chi connectivity index (χ4n) is 2.11. The van der Waals surface area contributed by atoms with E-state index in [0.717, 1.165) is 27.3 Å². The zero-order valence-electron chi connectivity index (χ0n) is 13.0. The van der Waals surface area contributed by atoms with Crippen LogP contribution in [0.5, 0.6) is 11.5 Å². The number of hydrogen-bond acceptors (Lipinski definition) is 2. The predicted molar refractivity (Wildman–Crippen MR) is 112 cm³/mol. The summed E-state index contributed by atoms with van der Waals surface area (Å²) in [5.74, 6) is 1.55. The molecule has 0 aliphatic carbocycles. The predicted octanol–water partition coefficient (Wildman–Crippen LogP) is 6.70. The molecule has 0 unspecified atom stereocenters. The van der Waals surface area contributed by atoms with Gasteiger partial charge in [-0.2, -0.15) is 0 Å². The first-order valence-corrected chi connectivity index (χ1v) is 9.04. The third-order valence-electron chi connectivity index (χ3n) is 3.27. The average molecular weight is 434 g/mol. The van der Waals surface area contributed by atoms with Crippen LogP contribution in [0.25, 0.3) is 0 Å². The van der Waals surface area contributed by atoms with Crippen LogP contribution in [0.3, 0.4) is 0 Å². The molecule has 2 N–H and O–H groups in total. The monoisotopic (exact) mass is 432 g/mol. The first-order valence-electron chi connectivity index (χ1n) is 7.46. The van der Waals surface area contributed by atoms with Crippen molar-refractivity contribution in [3.8, 4) is 11.5 Å². The molecule has 0 aliphatic rings. The summed E-state index contributed by atoms with van der Waals surface area (Å²) in [6.45, 7) is 0. The lowest BCUT2D eigenvalue weighted by Crippen LogP contribution is -2.19. The van der Waals surface area contributed by atoms with Gasteiger partial charge >= 0.3 is 0 Å². The maximum atomic E-state index is 6.18. The van der Waals surface area contributed by atoms with Crippen molar-refractivity contribution in [2.45, 2.75) is 0 Å². The highest BCUT2D eigenvalue weighted by Gasteiger charge is 2.04. The van der Waals surface area contributed by atoms with E-state index in [4.69, 9.17) is 28.6 Å². The molecule has 3 nitrogen and oxygen atoms in total. The van der Waals surface area contributed by atoms with Crippen molar-refractivity contribution in [3.63, 3.8) is 0 Å². The van der Waals surface area contributed by atoms with Gasteiger partial charge in [0.25, 0.3) is 0 Å². The smallest absolute Gasteiger partial charge is 0.175 e. The van der Waals surface area contributed by atoms with Crippen LogP contribution >= 0.6 is 39.7 Å². The van der Waals surface area contributed by atoms with Gasteiger partial charge in [0, 0.05) is 10.2 Å². The molecule has 0 atom stereocenters. The molecule has 0 saturated heterocycles. The number of ether oxygens (including phenoxy) is 1. The van der Waals surface area contributed by atoms with Gasteiger partial charge in [0.15, 0.2) is 5.11 Å². The number of thiocarbonyl (C=S) groups is 1. The minimum atomic E-state index is 0.459. The number of anilines is 2. The maximum absolute atomic E-state index is 6.18. The summed E-state index contributed by atoms with van der Waals surface area (Å²) in [5.41, 5.74) is 1.59. The Balaban J connectivity index is 1.60. The van der Waals surface area contributed by atoms with Gasteiger partial charge in [-0.15, -0.1) is 0 Å². The highest BCUT2D eigenvalue weighted by Crippen LogP contribution is 2.26. The Morgan fingerprint density at radius 1 is 0.880 bits per heavy atom. The van der Waals surface area contributed by atoms with E-state index in [9.17, 15) is 0 Å². The van der Waals surface area contributed by atoms with E-state index < -0.39 is 0 Å². The quantitative estimate of drug-likeness (QED) is 0.448. The molecule has 0 aromatic heterocycles. The van der Waals surface area contributed by atoms with Crippen molar-refractivity contribution in [2.24, 2.45) is 0 Å². The number of rotatable bonds is 4. The standard InChI is InChI=1S/C19H14BrClN2OS/c20-13-6-11-18(17(21)12-13)23-19(25)22-14-7-9-16(10-8-14)24-15-4-2-1-3-5-15/h1-12H,(H2,22,23,25). The number of halogens is 2. The van der Waals surface area contributed by atoms with Crippen LogP contribution in [0.4, 0.5) is 11.4 Å². The van der Waals surface area contributed by atoms with Crippen LogP contribution in [0.15, 0.2) is 77.3 Å². The topological polar surface area (TPSA) is 33.3 Å². The third-order valence-corrected chi connectivity index (χ3v) is 4.28. The van der Waals surface area contributed by atoms with Gasteiger partial charge in [0.05, 0.1) is 10.7 Å². The number of nitrogens with one attached hydrogen (secondary N) is 2. The maximum Gasteiger partial charge on any atom is 0.175 e. The van der Waals surface area contributed by atoms with Gasteiger partial charge in [-0.05, 0) is 66.8 Å². The van der Waals surface area contributed by atoms with E-state index >= 15 is 0 Å². The third kappa shape index (κ3) is 5.19. The SMILES string of the molecule is S=C(Nc1ccc(Oc2ccccc2)cc1)Nc1ccc(Br)cc1Cl. The first-order chi connectivity index (χ1) is 12.1. The molecule has 0 saturated carbocycles. The molecule has 0 spiro atoms. The molecule has 3 rings (SSSR count). The zero-order valence-corrected chi connectivity index (χ0v) is 16.2. The normalized spacial score (nSPS) is 10.2. The largest absolute Gasteiger partial charge is 0.457 e. The molecule has 25 heavy (non-hydrogen) atoms. The molecular formula is C19H14BrClN2OS. The molecule has 0 heterocycles. The zero-order chi connectivity index (χ0) is 17.6. The van der Waals surface area contributed by atoms with Crippen molar-refractivity contribution in [1.29, 1.82) is 0 Å². The summed E-state index contributed by atoms with van der Waals surface area (Å²) in [5, 5.41) is 7.24. The molecule has 3 aromatic rings. The minimum absolute atomic E-state index is 0.459. The van der Waals surface area contributed by atoms with Crippen molar-refractivity contribution >= 4 is 56.2 Å². The molecule has 0 aliphatic heterocycles. The highest BCUT2D eigenvalue weighted by molar-refractivity contribution is 9.10. The van der Waals surface area contributed by atoms with Gasteiger partial charge < -0.3 is 15.4 Å². The number of para-hydroxylation sites is 1. The van der Waals surface area contributed by atoms with E-state index in [1.165, 1.54) is 0 Å². The van der Waals surface area contributed by atoms with Gasteiger partial charge in [0.1, 0.15) is 11.5 Å². The van der Waals surface area contributed by atoms with Crippen molar-refractivity contribution in [1.82, 2.24) is 0 Å². The molecular weight excluding hydrogens is 420 g/mol. The molecule has 126 valence electrons. The van der Waals surface area contributed by atoms with E-state index in [1.54, 1.807) is 0 Å². The lowest BCUT2D eigenvalue weighted by atomic mass is 10.3. The fourth-order valence-corrected chi connectivity index (χ4v) is 3.05. The molecule has 0 bridgehead atoms. The van der Waals surface area contributed by atoms with Gasteiger partial charge in [-0.1, -0.05) is 45.7 Å². The summed E-state index contributed by atoms with van der Waals surface area (Å²) >= 11 is 14.9. The summed E-state index contributed by atoms with van der Waals surface area (Å²) in [4.78, 5) is 0. The molecule has 6 heteroatoms. The fraction of sp³-hybridized carbons (Fsp3) is 0. The number of hydrogen-bond donors (Lipinski definition) is 2. The Bertz CT molecular complexity index is 872. The van der Waals surface area contributed by atoms with Crippen LogP contribution in [0.1, 0.15) is 0 Å². The van der Waals surface area contributed by atoms with Crippen LogP contribution < -0.4 is 15.4 Å². The van der Waals surface area contributed by atoms with E-state index in [1.807, 2.05) is 72.8 Å². The minimum Gasteiger partial charge on any atom is -0.457 e. The lowest BCUT2D eigenvalue weighted by Gasteiger charge is -2.12. The van der Waals surface area contributed by atoms with Gasteiger partial charge in [-0.3, -0.25) is 0 Å². The van der Waals surface area contributed by atoms with Crippen LogP contribution in [0.2, 0.25) is 5.02 Å². The number of benzene rings is 3. The van der Waals surface area contributed by atoms with Gasteiger partial charge in [0.2, 0.25) is 0 Å². The second-order valence-electron chi connectivity index (χ2n) is 5.14. The second-order valence-corrected chi connectivity index (χ2v) is 6.87. The molecule has 0 radical (unpaired) electrons. The van der Waals surface area contributed by atoms with Gasteiger partial charge in [-0.25, -0.2) is 0 Å². The summed E-state index contributed by atoms with van der Waals surface area (Å²) in [6.07, 6.45) is 0. The molecule has 0 amide bonds. The lowest BCUT2D eigenvalue weighted by molar-refractivity contribution is 0.483. The second kappa shape index (κ2) is 8.34. The van der Waals surface area contributed by atoms with E-state index in [0.29, 0.717) is 10.1 Å².